The predicted octanol–water partition coefficient (Wildman–Crippen LogP) is 1.64. The number of carbonyl (C=O) groups is 2. The number of aliphatic carboxylic acids is 1. The third kappa shape index (κ3) is 2.34. The Hall–Kier alpha value is -1.91. The van der Waals surface area contributed by atoms with E-state index in [0.717, 1.165) is 5.69 Å². The SMILES string of the molecule is CC(C)c1cccc(N2CC(C(=O)O)CC2=O)n1. The highest BCUT2D eigenvalue weighted by Crippen LogP contribution is 2.25. The van der Waals surface area contributed by atoms with Gasteiger partial charge in [0.05, 0.1) is 5.92 Å². The van der Waals surface area contributed by atoms with Gasteiger partial charge in [0.1, 0.15) is 5.82 Å². The molecule has 0 aliphatic carbocycles. The fourth-order valence-corrected chi connectivity index (χ4v) is 2.01. The van der Waals surface area contributed by atoms with Crippen LogP contribution in [0.3, 0.4) is 0 Å². The van der Waals surface area contributed by atoms with Gasteiger partial charge in [-0.1, -0.05) is 19.9 Å². The Morgan fingerprint density at radius 2 is 2.22 bits per heavy atom. The number of pyridine rings is 1. The van der Waals surface area contributed by atoms with Gasteiger partial charge in [0.2, 0.25) is 5.91 Å². The molecule has 0 radical (unpaired) electrons. The summed E-state index contributed by atoms with van der Waals surface area (Å²) >= 11 is 0. The first kappa shape index (κ1) is 12.5. The van der Waals surface area contributed by atoms with E-state index in [1.165, 1.54) is 4.90 Å². The Bertz CT molecular complexity index is 485. The fraction of sp³-hybridized carbons (Fsp3) is 0.462. The molecule has 1 N–H and O–H groups in total. The summed E-state index contributed by atoms with van der Waals surface area (Å²) in [6.45, 7) is 4.26. The number of carboxylic acid groups (broad SMARTS) is 1. The smallest absolute Gasteiger partial charge is 0.308 e. The van der Waals surface area contributed by atoms with Gasteiger partial charge in [-0.15, -0.1) is 0 Å². The molecule has 0 spiro atoms. The maximum absolute atomic E-state index is 11.8. The van der Waals surface area contributed by atoms with Gasteiger partial charge >= 0.3 is 5.97 Å². The van der Waals surface area contributed by atoms with Crippen LogP contribution in [0.4, 0.5) is 5.82 Å². The summed E-state index contributed by atoms with van der Waals surface area (Å²) < 4.78 is 0. The number of carbonyl (C=O) groups excluding carboxylic acids is 1. The number of amides is 1. The number of hydrogen-bond acceptors (Lipinski definition) is 3. The quantitative estimate of drug-likeness (QED) is 0.882. The number of nitrogens with zero attached hydrogens (tertiary/aromatic N) is 2. The van der Waals surface area contributed by atoms with E-state index in [9.17, 15) is 9.59 Å². The molecule has 1 saturated heterocycles. The third-order valence-electron chi connectivity index (χ3n) is 3.10. The van der Waals surface area contributed by atoms with Crippen LogP contribution in [-0.2, 0) is 9.59 Å². The lowest BCUT2D eigenvalue weighted by atomic mass is 10.1. The monoisotopic (exact) mass is 248 g/mol. The molecule has 0 saturated carbocycles. The van der Waals surface area contributed by atoms with E-state index in [-0.39, 0.29) is 24.8 Å². The van der Waals surface area contributed by atoms with Crippen LogP contribution in [0.2, 0.25) is 0 Å². The Morgan fingerprint density at radius 3 is 2.78 bits per heavy atom. The lowest BCUT2D eigenvalue weighted by Crippen LogP contribution is -2.26. The molecule has 1 aliphatic rings. The molecule has 0 aromatic carbocycles. The molecular weight excluding hydrogens is 232 g/mol. The van der Waals surface area contributed by atoms with Crippen molar-refractivity contribution in [2.75, 3.05) is 11.4 Å². The Morgan fingerprint density at radius 1 is 1.50 bits per heavy atom. The summed E-state index contributed by atoms with van der Waals surface area (Å²) in [5.74, 6) is -0.892. The topological polar surface area (TPSA) is 70.5 Å². The first-order valence-corrected chi connectivity index (χ1v) is 5.99. The zero-order chi connectivity index (χ0) is 13.3. The van der Waals surface area contributed by atoms with Gasteiger partial charge in [-0.05, 0) is 18.1 Å². The molecule has 1 aliphatic heterocycles. The van der Waals surface area contributed by atoms with Crippen molar-refractivity contribution in [3.05, 3.63) is 23.9 Å². The average Bonchev–Trinajstić information content (AvgIpc) is 2.72. The number of anilines is 1. The van der Waals surface area contributed by atoms with Crippen molar-refractivity contribution in [1.82, 2.24) is 4.98 Å². The van der Waals surface area contributed by atoms with Gasteiger partial charge in [-0.3, -0.25) is 14.5 Å². The summed E-state index contributed by atoms with van der Waals surface area (Å²) in [5, 5.41) is 8.94. The molecule has 5 nitrogen and oxygen atoms in total. The summed E-state index contributed by atoms with van der Waals surface area (Å²) in [7, 11) is 0. The van der Waals surface area contributed by atoms with E-state index < -0.39 is 11.9 Å². The van der Waals surface area contributed by atoms with Gasteiger partial charge < -0.3 is 5.11 Å². The summed E-state index contributed by atoms with van der Waals surface area (Å²) in [5.41, 5.74) is 0.902. The van der Waals surface area contributed by atoms with E-state index in [0.29, 0.717) is 5.82 Å². The molecule has 1 amide bonds. The number of aromatic nitrogens is 1. The second-order valence-corrected chi connectivity index (χ2v) is 4.82. The molecule has 1 aromatic rings. The van der Waals surface area contributed by atoms with E-state index >= 15 is 0 Å². The van der Waals surface area contributed by atoms with Crippen molar-refractivity contribution in [3.63, 3.8) is 0 Å². The highest BCUT2D eigenvalue weighted by Gasteiger charge is 2.35. The average molecular weight is 248 g/mol. The molecule has 2 heterocycles. The molecule has 5 heteroatoms. The van der Waals surface area contributed by atoms with E-state index in [2.05, 4.69) is 4.98 Å². The number of hydrogen-bond donors (Lipinski definition) is 1. The zero-order valence-electron chi connectivity index (χ0n) is 10.5. The summed E-state index contributed by atoms with van der Waals surface area (Å²) in [6.07, 6.45) is 0.0585. The minimum Gasteiger partial charge on any atom is -0.481 e. The summed E-state index contributed by atoms with van der Waals surface area (Å²) in [4.78, 5) is 28.6. The number of carboxylic acids is 1. The minimum absolute atomic E-state index is 0.0585. The van der Waals surface area contributed by atoms with Gasteiger partial charge in [-0.2, -0.15) is 0 Å². The standard InChI is InChI=1S/C13H16N2O3/c1-8(2)10-4-3-5-11(14-10)15-7-9(13(17)18)6-12(15)16/h3-5,8-9H,6-7H2,1-2H3,(H,17,18). The van der Waals surface area contributed by atoms with Crippen molar-refractivity contribution in [2.45, 2.75) is 26.2 Å². The van der Waals surface area contributed by atoms with Gasteiger partial charge in [-0.25, -0.2) is 4.98 Å². The lowest BCUT2D eigenvalue weighted by Gasteiger charge is -2.16. The Balaban J connectivity index is 2.24. The normalized spacial score (nSPS) is 19.6. The first-order valence-electron chi connectivity index (χ1n) is 5.99. The molecule has 18 heavy (non-hydrogen) atoms. The van der Waals surface area contributed by atoms with Crippen molar-refractivity contribution < 1.29 is 14.7 Å². The van der Waals surface area contributed by atoms with E-state index in [1.807, 2.05) is 26.0 Å². The van der Waals surface area contributed by atoms with Crippen molar-refractivity contribution in [3.8, 4) is 0 Å². The first-order chi connectivity index (χ1) is 8.49. The van der Waals surface area contributed by atoms with Crippen LogP contribution in [0.25, 0.3) is 0 Å². The highest BCUT2D eigenvalue weighted by atomic mass is 16.4. The van der Waals surface area contributed by atoms with Crippen LogP contribution in [0.5, 0.6) is 0 Å². The molecule has 1 aromatic heterocycles. The van der Waals surface area contributed by atoms with Gasteiger partial charge in [0.25, 0.3) is 0 Å². The minimum atomic E-state index is -0.925. The van der Waals surface area contributed by atoms with Crippen molar-refractivity contribution in [1.29, 1.82) is 0 Å². The molecule has 1 atom stereocenters. The second kappa shape index (κ2) is 4.76. The highest BCUT2D eigenvalue weighted by molar-refractivity contribution is 5.98. The molecule has 1 fully saturated rings. The molecule has 96 valence electrons. The molecular formula is C13H16N2O3. The fourth-order valence-electron chi connectivity index (χ4n) is 2.01. The molecule has 0 bridgehead atoms. The maximum Gasteiger partial charge on any atom is 0.308 e. The Labute approximate surface area is 105 Å². The van der Waals surface area contributed by atoms with Crippen LogP contribution >= 0.6 is 0 Å². The van der Waals surface area contributed by atoms with Crippen LogP contribution < -0.4 is 4.90 Å². The van der Waals surface area contributed by atoms with E-state index in [1.54, 1.807) is 6.07 Å². The Kier molecular flexibility index (Phi) is 3.32. The van der Waals surface area contributed by atoms with Gasteiger partial charge in [0, 0.05) is 18.7 Å². The van der Waals surface area contributed by atoms with E-state index in [4.69, 9.17) is 5.11 Å². The predicted molar refractivity (Wildman–Crippen MR) is 66.4 cm³/mol. The third-order valence-corrected chi connectivity index (χ3v) is 3.10. The van der Waals surface area contributed by atoms with Crippen LogP contribution in [0.1, 0.15) is 31.9 Å². The van der Waals surface area contributed by atoms with Crippen LogP contribution in [0, 0.1) is 5.92 Å². The zero-order valence-corrected chi connectivity index (χ0v) is 10.5. The van der Waals surface area contributed by atoms with Crippen LogP contribution in [0.15, 0.2) is 18.2 Å². The second-order valence-electron chi connectivity index (χ2n) is 4.82. The summed E-state index contributed by atoms with van der Waals surface area (Å²) in [6, 6.07) is 5.50. The van der Waals surface area contributed by atoms with Gasteiger partial charge in [0.15, 0.2) is 0 Å². The molecule has 2 rings (SSSR count). The molecule has 1 unspecified atom stereocenters. The maximum atomic E-state index is 11.8. The largest absolute Gasteiger partial charge is 0.481 e. The van der Waals surface area contributed by atoms with Crippen molar-refractivity contribution >= 4 is 17.7 Å². The lowest BCUT2D eigenvalue weighted by molar-refractivity contribution is -0.141. The van der Waals surface area contributed by atoms with Crippen LogP contribution in [-0.4, -0.2) is 28.5 Å². The number of rotatable bonds is 3. The van der Waals surface area contributed by atoms with Crippen molar-refractivity contribution in [2.24, 2.45) is 5.92 Å².